The van der Waals surface area contributed by atoms with Crippen molar-refractivity contribution in [2.45, 2.75) is 12.5 Å². The molecule has 20 rings (SSSR count). The van der Waals surface area contributed by atoms with Crippen LogP contribution in [0.1, 0.15) is 34.7 Å². The molecule has 0 fully saturated rings. The molecule has 0 aliphatic carbocycles. The fourth-order valence-corrected chi connectivity index (χ4v) is 15.4. The monoisotopic (exact) mass is 1550 g/mol. The van der Waals surface area contributed by atoms with Gasteiger partial charge in [-0.2, -0.15) is 0 Å². The van der Waals surface area contributed by atoms with Crippen molar-refractivity contribution in [2.24, 2.45) is 10.2 Å². The van der Waals surface area contributed by atoms with Gasteiger partial charge in [-0.15, -0.1) is 30.6 Å². The number of benzene rings is 16. The maximum absolute atomic E-state index is 6.75. The highest BCUT2D eigenvalue weighted by Crippen LogP contribution is 2.46. The van der Waals surface area contributed by atoms with Gasteiger partial charge in [0, 0.05) is 113 Å². The SMILES string of the molecule is c1ccc(N(c2ccccc2)c2ccc(-c3nnc(-c4ccc(-c5ccc(C6=NNC(c7ccc(N(c8ccccc8)c8ccccc8)cc7)O6)cc5)c(-c5cc(-c6nnc(-c7ccc(N(c8ccccc8)c8ccccc8)cc7)o6)ccc5-c5ccc(C6=NNC(c7ccc(N(c8ccccc8)c8ccccc8)cc7)O6)cc5)c4)o3)cc2)cc1. The highest BCUT2D eigenvalue weighted by atomic mass is 16.5. The van der Waals surface area contributed by atoms with E-state index in [9.17, 15) is 0 Å². The molecule has 2 aromatic heterocycles. The summed E-state index contributed by atoms with van der Waals surface area (Å²) in [6.07, 6.45) is -1.05. The third-order valence-corrected chi connectivity index (χ3v) is 21.4. The molecule has 16 heteroatoms. The summed E-state index contributed by atoms with van der Waals surface area (Å²) in [6.45, 7) is 0. The average Bonchev–Trinajstić information content (AvgIpc) is 1.18. The third kappa shape index (κ3) is 15.0. The number of rotatable bonds is 23. The minimum absolute atomic E-state index is 0.331. The van der Waals surface area contributed by atoms with Crippen LogP contribution in [0.25, 0.3) is 79.2 Å². The number of hydrazone groups is 2. The lowest BCUT2D eigenvalue weighted by atomic mass is 9.87. The first-order valence-corrected chi connectivity index (χ1v) is 39.7. The average molecular weight is 1560 g/mol. The molecule has 2 aliphatic rings. The molecule has 574 valence electrons. The van der Waals surface area contributed by atoms with Gasteiger partial charge in [0.25, 0.3) is 0 Å². The predicted molar refractivity (Wildman–Crippen MR) is 479 cm³/mol. The van der Waals surface area contributed by atoms with E-state index in [1.807, 2.05) is 158 Å². The van der Waals surface area contributed by atoms with Crippen molar-refractivity contribution in [1.82, 2.24) is 31.2 Å². The Kier molecular flexibility index (Phi) is 19.8. The molecule has 2 unspecified atom stereocenters. The van der Waals surface area contributed by atoms with E-state index in [4.69, 9.17) is 48.9 Å². The van der Waals surface area contributed by atoms with Crippen molar-refractivity contribution >= 4 is 80.0 Å². The zero-order valence-electron chi connectivity index (χ0n) is 64.7. The number of hydrogen-bond acceptors (Lipinski definition) is 16. The molecule has 0 bridgehead atoms. The van der Waals surface area contributed by atoms with Gasteiger partial charge in [-0.1, -0.05) is 206 Å². The summed E-state index contributed by atoms with van der Waals surface area (Å²) < 4.78 is 26.8. The van der Waals surface area contributed by atoms with Crippen LogP contribution in [-0.2, 0) is 9.47 Å². The van der Waals surface area contributed by atoms with E-state index in [0.29, 0.717) is 46.5 Å². The Labute approximate surface area is 693 Å². The number of aromatic nitrogens is 4. The molecule has 0 radical (unpaired) electrons. The Balaban J connectivity index is 0.650. The van der Waals surface area contributed by atoms with E-state index in [2.05, 4.69) is 297 Å². The Morgan fingerprint density at radius 3 is 0.658 bits per heavy atom. The molecular weight excluding hydrogens is 1480 g/mol. The zero-order chi connectivity index (χ0) is 79.9. The van der Waals surface area contributed by atoms with E-state index in [-0.39, 0.29) is 0 Å². The molecule has 120 heavy (non-hydrogen) atoms. The number of anilines is 12. The molecule has 16 nitrogen and oxygen atoms in total. The molecule has 18 aromatic rings. The Morgan fingerprint density at radius 1 is 0.192 bits per heavy atom. The lowest BCUT2D eigenvalue weighted by molar-refractivity contribution is 0.191. The Bertz CT molecular complexity index is 6050. The van der Waals surface area contributed by atoms with Gasteiger partial charge in [-0.05, 0) is 252 Å². The van der Waals surface area contributed by atoms with Crippen LogP contribution in [0.2, 0.25) is 0 Å². The Morgan fingerprint density at radius 2 is 0.400 bits per heavy atom. The van der Waals surface area contributed by atoms with Crippen molar-refractivity contribution in [3.05, 3.63) is 447 Å². The molecule has 0 saturated heterocycles. The predicted octanol–water partition coefficient (Wildman–Crippen LogP) is 26.0. The minimum Gasteiger partial charge on any atom is -0.446 e. The molecule has 2 atom stereocenters. The van der Waals surface area contributed by atoms with Crippen LogP contribution in [0.3, 0.4) is 0 Å². The van der Waals surface area contributed by atoms with Crippen LogP contribution >= 0.6 is 0 Å². The molecule has 2 aliphatic heterocycles. The van der Waals surface area contributed by atoms with Gasteiger partial charge in [-0.3, -0.25) is 10.9 Å². The van der Waals surface area contributed by atoms with Crippen molar-refractivity contribution in [2.75, 3.05) is 19.6 Å². The topological polar surface area (TPSA) is 158 Å². The summed E-state index contributed by atoms with van der Waals surface area (Å²) in [7, 11) is 0. The van der Waals surface area contributed by atoms with Crippen molar-refractivity contribution in [1.29, 1.82) is 0 Å². The first kappa shape index (κ1) is 72.5. The summed E-state index contributed by atoms with van der Waals surface area (Å²) in [5.74, 6) is 2.32. The van der Waals surface area contributed by atoms with Gasteiger partial charge in [0.1, 0.15) is 0 Å². The quantitative estimate of drug-likeness (QED) is 0.0623. The summed E-state index contributed by atoms with van der Waals surface area (Å²) >= 11 is 0. The van der Waals surface area contributed by atoms with Gasteiger partial charge in [0.15, 0.2) is 0 Å². The highest BCUT2D eigenvalue weighted by molar-refractivity contribution is 5.99. The van der Waals surface area contributed by atoms with Gasteiger partial charge >= 0.3 is 0 Å². The molecule has 4 heterocycles. The van der Waals surface area contributed by atoms with Crippen molar-refractivity contribution in [3.63, 3.8) is 0 Å². The standard InChI is InChI=1S/C104H74N12O4/c1-9-25-81(26-10-1)113(82-27-11-2-12-28-82)89-59-49-75(50-60-89)99-107-105-97(117-99)73-45-41-71(42-46-73)93-67-57-79(103-111-109-101(119-103)77-53-63-91(64-54-77)115(85-33-17-5-18-34-85)86-35-19-6-20-36-86)69-95(93)96-70-80(104-112-110-102(120-104)78-55-65-92(66-56-78)116(87-37-21-7-22-38-87)88-39-23-8-24-40-88)58-68-94(96)72-43-47-74(48-44-72)98-106-108-100(118-98)76-51-61-90(62-52-76)114(83-29-13-3-14-30-83)84-31-15-4-16-32-84/h1-70,99-100,107-108H. The van der Waals surface area contributed by atoms with E-state index < -0.39 is 12.5 Å². The second kappa shape index (κ2) is 32.8. The maximum atomic E-state index is 6.75. The van der Waals surface area contributed by atoms with Crippen LogP contribution < -0.4 is 30.5 Å². The third-order valence-electron chi connectivity index (χ3n) is 21.4. The van der Waals surface area contributed by atoms with E-state index in [0.717, 1.165) is 135 Å². The summed E-state index contributed by atoms with van der Waals surface area (Å²) in [4.78, 5) is 8.91. The van der Waals surface area contributed by atoms with Gasteiger partial charge in [0.05, 0.1) is 0 Å². The minimum atomic E-state index is -0.524. The zero-order valence-corrected chi connectivity index (χ0v) is 64.7. The normalized spacial score (nSPS) is 13.4. The van der Waals surface area contributed by atoms with E-state index in [1.165, 1.54) is 0 Å². The van der Waals surface area contributed by atoms with Crippen molar-refractivity contribution < 1.29 is 18.3 Å². The van der Waals surface area contributed by atoms with Crippen LogP contribution in [0.5, 0.6) is 0 Å². The lowest BCUT2D eigenvalue weighted by Gasteiger charge is -2.25. The lowest BCUT2D eigenvalue weighted by Crippen LogP contribution is -2.13. The fraction of sp³-hybridized carbons (Fsp3) is 0.0192. The molecule has 0 amide bonds. The second-order valence-electron chi connectivity index (χ2n) is 28.9. The van der Waals surface area contributed by atoms with E-state index >= 15 is 0 Å². The summed E-state index contributed by atoms with van der Waals surface area (Å²) in [5.41, 5.74) is 30.5. The molecular formula is C104H74N12O4. The fourth-order valence-electron chi connectivity index (χ4n) is 15.4. The largest absolute Gasteiger partial charge is 0.446 e. The number of hydrogen-bond donors (Lipinski definition) is 2. The second-order valence-corrected chi connectivity index (χ2v) is 28.9. The van der Waals surface area contributed by atoms with Crippen LogP contribution in [0.4, 0.5) is 68.2 Å². The number of nitrogens with zero attached hydrogens (tertiary/aromatic N) is 10. The van der Waals surface area contributed by atoms with Crippen LogP contribution in [0.15, 0.2) is 444 Å². The molecule has 0 saturated carbocycles. The van der Waals surface area contributed by atoms with Crippen LogP contribution in [-0.4, -0.2) is 32.2 Å². The smallest absolute Gasteiger partial charge is 0.248 e. The first-order chi connectivity index (χ1) is 59.5. The summed E-state index contributed by atoms with van der Waals surface area (Å²) in [6, 6.07) is 145. The van der Waals surface area contributed by atoms with Gasteiger partial charge in [0.2, 0.25) is 47.8 Å². The Hall–Kier alpha value is -16.5. The van der Waals surface area contributed by atoms with Crippen molar-refractivity contribution in [3.8, 4) is 79.2 Å². The van der Waals surface area contributed by atoms with Gasteiger partial charge in [-0.25, -0.2) is 0 Å². The highest BCUT2D eigenvalue weighted by Gasteiger charge is 2.28. The number of ether oxygens (including phenoxy) is 2. The number of para-hydroxylation sites is 8. The molecule has 2 N–H and O–H groups in total. The van der Waals surface area contributed by atoms with Gasteiger partial charge < -0.3 is 37.9 Å². The molecule has 16 aromatic carbocycles. The number of nitrogens with one attached hydrogen (secondary N) is 2. The first-order valence-electron chi connectivity index (χ1n) is 39.7. The maximum Gasteiger partial charge on any atom is 0.248 e. The molecule has 0 spiro atoms. The van der Waals surface area contributed by atoms with Crippen LogP contribution in [0, 0.1) is 0 Å². The summed E-state index contributed by atoms with van der Waals surface area (Å²) in [5, 5.41) is 28.5. The van der Waals surface area contributed by atoms with E-state index in [1.54, 1.807) is 0 Å².